The molecule has 0 bridgehead atoms. The van der Waals surface area contributed by atoms with Crippen LogP contribution >= 0.6 is 11.3 Å². The van der Waals surface area contributed by atoms with Crippen LogP contribution in [0.2, 0.25) is 0 Å². The van der Waals surface area contributed by atoms with Gasteiger partial charge in [-0.25, -0.2) is 24.1 Å². The molecule has 0 saturated heterocycles. The zero-order valence-corrected chi connectivity index (χ0v) is 24.2. The van der Waals surface area contributed by atoms with Crippen molar-refractivity contribution in [2.45, 2.75) is 46.3 Å². The summed E-state index contributed by atoms with van der Waals surface area (Å²) in [5.74, 6) is -0.781. The summed E-state index contributed by atoms with van der Waals surface area (Å²) in [4.78, 5) is 45.5. The summed E-state index contributed by atoms with van der Waals surface area (Å²) in [5, 5.41) is 6.62. The maximum absolute atomic E-state index is 14.0. The van der Waals surface area contributed by atoms with Crippen molar-refractivity contribution in [1.29, 1.82) is 0 Å². The molecular formula is C28H33FN8O3S. The van der Waals surface area contributed by atoms with E-state index in [1.807, 2.05) is 0 Å². The van der Waals surface area contributed by atoms with E-state index in [2.05, 4.69) is 30.6 Å². The highest BCUT2D eigenvalue weighted by atomic mass is 32.1. The third-order valence-electron chi connectivity index (χ3n) is 5.91. The molecular weight excluding hydrogens is 547 g/mol. The van der Waals surface area contributed by atoms with Gasteiger partial charge in [0, 0.05) is 25.7 Å². The van der Waals surface area contributed by atoms with Crippen molar-refractivity contribution in [3.8, 4) is 0 Å². The van der Waals surface area contributed by atoms with E-state index in [-0.39, 0.29) is 31.2 Å². The Bertz CT molecular complexity index is 1520. The highest BCUT2D eigenvalue weighted by Crippen LogP contribution is 2.26. The number of anilines is 3. The van der Waals surface area contributed by atoms with Crippen molar-refractivity contribution in [2.75, 3.05) is 29.5 Å². The highest BCUT2D eigenvalue weighted by molar-refractivity contribution is 7.18. The first-order valence-electron chi connectivity index (χ1n) is 13.1. The molecule has 0 unspecified atom stereocenters. The molecule has 3 heterocycles. The highest BCUT2D eigenvalue weighted by Gasteiger charge is 2.26. The van der Waals surface area contributed by atoms with Crippen molar-refractivity contribution >= 4 is 50.9 Å². The average molecular weight is 581 g/mol. The molecule has 216 valence electrons. The summed E-state index contributed by atoms with van der Waals surface area (Å²) >= 11 is 1.37. The van der Waals surface area contributed by atoms with Crippen LogP contribution in [0.5, 0.6) is 0 Å². The average Bonchev–Trinajstić information content (AvgIpc) is 3.34. The lowest BCUT2D eigenvalue weighted by molar-refractivity contribution is -0.119. The molecule has 0 spiro atoms. The Hall–Kier alpha value is -4.39. The molecule has 4 N–H and O–H groups in total. The van der Waals surface area contributed by atoms with Crippen LogP contribution in [0, 0.1) is 11.7 Å². The Morgan fingerprint density at radius 2 is 1.93 bits per heavy atom. The second-order valence-electron chi connectivity index (χ2n) is 10.4. The van der Waals surface area contributed by atoms with Gasteiger partial charge in [0.15, 0.2) is 5.82 Å². The number of amides is 2. The summed E-state index contributed by atoms with van der Waals surface area (Å²) < 4.78 is 19.6. The maximum atomic E-state index is 14.0. The first-order chi connectivity index (χ1) is 19.5. The Balaban J connectivity index is 1.46. The largest absolute Gasteiger partial charge is 0.444 e. The molecule has 0 aliphatic heterocycles. The number of benzene rings is 1. The van der Waals surface area contributed by atoms with Crippen molar-refractivity contribution < 1.29 is 18.7 Å². The molecule has 0 saturated carbocycles. The van der Waals surface area contributed by atoms with E-state index < -0.39 is 23.4 Å². The molecule has 13 heteroatoms. The fourth-order valence-electron chi connectivity index (χ4n) is 3.84. The van der Waals surface area contributed by atoms with E-state index in [0.717, 1.165) is 5.01 Å². The number of ether oxygens (including phenoxy) is 1. The Kier molecular flexibility index (Phi) is 9.28. The number of rotatable bonds is 10. The van der Waals surface area contributed by atoms with Crippen molar-refractivity contribution in [3.05, 3.63) is 65.4 Å². The number of nitrogens with zero attached hydrogens (tertiary/aromatic N) is 5. The first-order valence-corrected chi connectivity index (χ1v) is 13.9. The quantitative estimate of drug-likeness (QED) is 0.223. The Morgan fingerprint density at radius 3 is 2.66 bits per heavy atom. The van der Waals surface area contributed by atoms with E-state index >= 15 is 0 Å². The molecule has 41 heavy (non-hydrogen) atoms. The minimum absolute atomic E-state index is 0.126. The number of nitrogens with one attached hydrogen (secondary N) is 2. The van der Waals surface area contributed by atoms with Crippen LogP contribution in [0.3, 0.4) is 0 Å². The van der Waals surface area contributed by atoms with E-state index in [9.17, 15) is 14.0 Å². The summed E-state index contributed by atoms with van der Waals surface area (Å²) in [6.45, 7) is 7.61. The van der Waals surface area contributed by atoms with Gasteiger partial charge in [-0.3, -0.25) is 9.78 Å². The zero-order chi connectivity index (χ0) is 29.6. The number of pyridine rings is 1. The number of nitrogens with two attached hydrogens (primary N) is 1. The second-order valence-corrected chi connectivity index (χ2v) is 11.5. The van der Waals surface area contributed by atoms with Crippen molar-refractivity contribution in [1.82, 2.24) is 24.8 Å². The number of carbonyl (C=O) groups excluding carboxylic acids is 2. The van der Waals surface area contributed by atoms with Crippen molar-refractivity contribution in [2.24, 2.45) is 5.92 Å². The molecule has 0 fully saturated rings. The number of hydrogen-bond acceptors (Lipinski definition) is 10. The molecule has 4 aromatic rings. The first kappa shape index (κ1) is 29.6. The zero-order valence-electron chi connectivity index (χ0n) is 23.3. The fourth-order valence-corrected chi connectivity index (χ4v) is 4.74. The van der Waals surface area contributed by atoms with Crippen LogP contribution in [0.15, 0.2) is 48.9 Å². The molecule has 3 aromatic heterocycles. The molecule has 0 aliphatic carbocycles. The number of para-hydroxylation sites is 2. The molecule has 1 aromatic carbocycles. The minimum atomic E-state index is -0.710. The number of hydrogen-bond donors (Lipinski definition) is 3. The van der Waals surface area contributed by atoms with E-state index in [0.29, 0.717) is 34.0 Å². The molecule has 0 radical (unpaired) electrons. The van der Waals surface area contributed by atoms with Gasteiger partial charge in [-0.1, -0.05) is 30.4 Å². The molecule has 11 nitrogen and oxygen atoms in total. The van der Waals surface area contributed by atoms with Crippen LogP contribution in [0.25, 0.3) is 10.3 Å². The Morgan fingerprint density at radius 1 is 1.15 bits per heavy atom. The number of aromatic nitrogens is 4. The lowest BCUT2D eigenvalue weighted by Gasteiger charge is -2.29. The molecule has 0 aliphatic rings. The normalized spacial score (nSPS) is 12.1. The molecule has 1 atom stereocenters. The van der Waals surface area contributed by atoms with Gasteiger partial charge in [0.1, 0.15) is 28.1 Å². The van der Waals surface area contributed by atoms with E-state index in [1.54, 1.807) is 52.0 Å². The standard InChI is InChI=1S/C28H33FN8O3S/c1-17(25(38)35-20-10-6-5-9-19(20)30)15-37(27(39)40-28(2,3)4)13-11-22-36-23-24(33-16-34-26(23)41-22)32-14-21-18(29)8-7-12-31-21/h5-10,12,16-17H,11,13-15,30H2,1-4H3,(H,35,38)(H,32,33,34)/t17-/m0/s1. The van der Waals surface area contributed by atoms with Crippen LogP contribution in [0.1, 0.15) is 38.4 Å². The Labute approximate surface area is 241 Å². The predicted octanol–water partition coefficient (Wildman–Crippen LogP) is 4.87. The van der Waals surface area contributed by atoms with Gasteiger partial charge in [0.05, 0.1) is 34.5 Å². The van der Waals surface area contributed by atoms with Gasteiger partial charge in [0.25, 0.3) is 0 Å². The van der Waals surface area contributed by atoms with Crippen LogP contribution in [-0.4, -0.2) is 55.5 Å². The van der Waals surface area contributed by atoms with Gasteiger partial charge in [-0.05, 0) is 45.0 Å². The smallest absolute Gasteiger partial charge is 0.410 e. The maximum Gasteiger partial charge on any atom is 0.410 e. The monoisotopic (exact) mass is 580 g/mol. The van der Waals surface area contributed by atoms with E-state index in [4.69, 9.17) is 10.5 Å². The molecule has 2 amide bonds. The predicted molar refractivity (Wildman–Crippen MR) is 157 cm³/mol. The number of thiazole rings is 1. The minimum Gasteiger partial charge on any atom is -0.444 e. The number of fused-ring (bicyclic) bond motifs is 1. The van der Waals surface area contributed by atoms with Gasteiger partial charge in [-0.15, -0.1) is 0 Å². The number of halogens is 1. The summed E-state index contributed by atoms with van der Waals surface area (Å²) in [7, 11) is 0. The van der Waals surface area contributed by atoms with Gasteiger partial charge in [-0.2, -0.15) is 0 Å². The van der Waals surface area contributed by atoms with Crippen LogP contribution < -0.4 is 16.4 Å². The van der Waals surface area contributed by atoms with Crippen LogP contribution in [0.4, 0.5) is 26.4 Å². The lowest BCUT2D eigenvalue weighted by atomic mass is 10.1. The lowest BCUT2D eigenvalue weighted by Crippen LogP contribution is -2.42. The summed E-state index contributed by atoms with van der Waals surface area (Å²) in [6.07, 6.45) is 2.80. The SMILES string of the molecule is C[C@@H](CN(CCc1nc2c(NCc3ncccc3F)ncnc2s1)C(=O)OC(C)(C)C)C(=O)Nc1ccccc1N. The molecule has 4 rings (SSSR count). The third kappa shape index (κ3) is 8.07. The summed E-state index contributed by atoms with van der Waals surface area (Å²) in [5.41, 5.74) is 7.02. The third-order valence-corrected chi connectivity index (χ3v) is 6.93. The van der Waals surface area contributed by atoms with Gasteiger partial charge in [0.2, 0.25) is 5.91 Å². The second kappa shape index (κ2) is 12.9. The van der Waals surface area contributed by atoms with Crippen molar-refractivity contribution in [3.63, 3.8) is 0 Å². The summed E-state index contributed by atoms with van der Waals surface area (Å²) in [6, 6.07) is 9.86. The fraction of sp³-hybridized carbons (Fsp3) is 0.357. The number of nitrogen functional groups attached to an aromatic ring is 1. The van der Waals surface area contributed by atoms with Gasteiger partial charge < -0.3 is 26.0 Å². The van der Waals surface area contributed by atoms with Crippen LogP contribution in [-0.2, 0) is 22.5 Å². The van der Waals surface area contributed by atoms with Gasteiger partial charge >= 0.3 is 6.09 Å². The topological polar surface area (TPSA) is 148 Å². The van der Waals surface area contributed by atoms with E-state index in [1.165, 1.54) is 40.9 Å². The number of carbonyl (C=O) groups is 2.